The summed E-state index contributed by atoms with van der Waals surface area (Å²) in [6.45, 7) is 7.30. The number of benzene rings is 1. The van der Waals surface area contributed by atoms with Crippen LogP contribution in [0.2, 0.25) is 0 Å². The molecule has 2 aliphatic rings. The van der Waals surface area contributed by atoms with Crippen molar-refractivity contribution in [1.82, 2.24) is 15.5 Å². The Hall–Kier alpha value is -2.41. The number of hydrogen-bond donors (Lipinski definition) is 2. The first-order valence-electron chi connectivity index (χ1n) is 11.2. The third kappa shape index (κ3) is 5.81. The first-order chi connectivity index (χ1) is 14.5. The number of piperidine rings is 1. The van der Waals surface area contributed by atoms with Gasteiger partial charge in [-0.3, -0.25) is 19.3 Å². The maximum absolute atomic E-state index is 12.7. The average molecular weight is 415 g/mol. The van der Waals surface area contributed by atoms with Gasteiger partial charge in [0.1, 0.15) is 0 Å². The zero-order chi connectivity index (χ0) is 21.5. The molecule has 2 heterocycles. The van der Waals surface area contributed by atoms with Crippen molar-refractivity contribution in [1.29, 1.82) is 0 Å². The maximum Gasteiger partial charge on any atom is 0.234 e. The minimum atomic E-state index is -0.304. The molecule has 3 amide bonds. The highest BCUT2D eigenvalue weighted by Crippen LogP contribution is 2.26. The molecule has 2 saturated heterocycles. The van der Waals surface area contributed by atoms with Crippen LogP contribution >= 0.6 is 0 Å². The number of rotatable bonds is 8. The lowest BCUT2D eigenvalue weighted by Gasteiger charge is -2.32. The SMILES string of the molecule is CCCNC(=O)CN1CCC(NC(=O)C2CC(=O)N(c3ccc(CC)cc3)C2)CC1. The van der Waals surface area contributed by atoms with E-state index < -0.39 is 0 Å². The van der Waals surface area contributed by atoms with E-state index in [-0.39, 0.29) is 36.1 Å². The fraction of sp³-hybridized carbons (Fsp3) is 0.609. The third-order valence-corrected chi connectivity index (χ3v) is 6.03. The number of carbonyl (C=O) groups excluding carboxylic acids is 3. The summed E-state index contributed by atoms with van der Waals surface area (Å²) in [5, 5.41) is 6.04. The van der Waals surface area contributed by atoms with Gasteiger partial charge in [0.2, 0.25) is 17.7 Å². The first-order valence-corrected chi connectivity index (χ1v) is 11.2. The minimum Gasteiger partial charge on any atom is -0.355 e. The van der Waals surface area contributed by atoms with Gasteiger partial charge in [0.05, 0.1) is 12.5 Å². The molecule has 1 atom stereocenters. The lowest BCUT2D eigenvalue weighted by molar-refractivity contribution is -0.127. The standard InChI is InChI=1S/C23H34N4O3/c1-3-11-24-21(28)16-26-12-9-19(10-13-26)25-23(30)18-14-22(29)27(15-18)20-7-5-17(4-2)6-8-20/h5-8,18-19H,3-4,9-16H2,1-2H3,(H,24,28)(H,25,30). The molecular formula is C23H34N4O3. The third-order valence-electron chi connectivity index (χ3n) is 6.03. The first kappa shape index (κ1) is 22.3. The van der Waals surface area contributed by atoms with E-state index in [0.717, 1.165) is 44.5 Å². The molecule has 1 aromatic carbocycles. The second-order valence-electron chi connectivity index (χ2n) is 8.33. The van der Waals surface area contributed by atoms with E-state index in [1.807, 2.05) is 31.2 Å². The number of aryl methyl sites for hydroxylation is 1. The van der Waals surface area contributed by atoms with Crippen LogP contribution in [0, 0.1) is 5.92 Å². The summed E-state index contributed by atoms with van der Waals surface area (Å²) in [7, 11) is 0. The molecule has 0 aromatic heterocycles. The highest BCUT2D eigenvalue weighted by atomic mass is 16.2. The Labute approximate surface area is 179 Å². The van der Waals surface area contributed by atoms with E-state index in [1.165, 1.54) is 5.56 Å². The molecule has 3 rings (SSSR count). The van der Waals surface area contributed by atoms with Crippen LogP contribution in [0.15, 0.2) is 24.3 Å². The van der Waals surface area contributed by atoms with Crippen LogP contribution in [0.4, 0.5) is 5.69 Å². The van der Waals surface area contributed by atoms with Gasteiger partial charge in [0.15, 0.2) is 0 Å². The Balaban J connectivity index is 1.44. The Morgan fingerprint density at radius 2 is 1.80 bits per heavy atom. The quantitative estimate of drug-likeness (QED) is 0.679. The Morgan fingerprint density at radius 3 is 2.43 bits per heavy atom. The summed E-state index contributed by atoms with van der Waals surface area (Å²) in [6, 6.07) is 8.10. The van der Waals surface area contributed by atoms with Crippen LogP contribution in [0.25, 0.3) is 0 Å². The van der Waals surface area contributed by atoms with Crippen molar-refractivity contribution >= 4 is 23.4 Å². The monoisotopic (exact) mass is 414 g/mol. The van der Waals surface area contributed by atoms with Gasteiger partial charge in [-0.05, 0) is 43.4 Å². The molecule has 2 N–H and O–H groups in total. The van der Waals surface area contributed by atoms with Crippen molar-refractivity contribution in [2.45, 2.75) is 52.0 Å². The Morgan fingerprint density at radius 1 is 1.10 bits per heavy atom. The summed E-state index contributed by atoms with van der Waals surface area (Å²) in [6.07, 6.45) is 3.82. The molecule has 0 aliphatic carbocycles. The summed E-state index contributed by atoms with van der Waals surface area (Å²) < 4.78 is 0. The Bertz CT molecular complexity index is 741. The molecule has 0 bridgehead atoms. The molecule has 1 aromatic rings. The summed E-state index contributed by atoms with van der Waals surface area (Å²) in [5.41, 5.74) is 2.09. The molecule has 2 aliphatic heterocycles. The summed E-state index contributed by atoms with van der Waals surface area (Å²) >= 11 is 0. The van der Waals surface area contributed by atoms with Crippen LogP contribution < -0.4 is 15.5 Å². The molecule has 7 heteroatoms. The van der Waals surface area contributed by atoms with Gasteiger partial charge in [-0.25, -0.2) is 0 Å². The minimum absolute atomic E-state index is 0.00677. The zero-order valence-electron chi connectivity index (χ0n) is 18.2. The normalized spacial score (nSPS) is 20.4. The Kier molecular flexibility index (Phi) is 7.85. The van der Waals surface area contributed by atoms with Gasteiger partial charge in [0.25, 0.3) is 0 Å². The van der Waals surface area contributed by atoms with E-state index in [1.54, 1.807) is 4.90 Å². The summed E-state index contributed by atoms with van der Waals surface area (Å²) in [5.74, 6) is -0.264. The van der Waals surface area contributed by atoms with Crippen molar-refractivity contribution < 1.29 is 14.4 Å². The molecule has 30 heavy (non-hydrogen) atoms. The number of amides is 3. The number of anilines is 1. The number of carbonyl (C=O) groups is 3. The van der Waals surface area contributed by atoms with E-state index >= 15 is 0 Å². The fourth-order valence-electron chi connectivity index (χ4n) is 4.12. The van der Waals surface area contributed by atoms with Gasteiger partial charge in [-0.15, -0.1) is 0 Å². The van der Waals surface area contributed by atoms with Crippen molar-refractivity contribution in [2.24, 2.45) is 5.92 Å². The van der Waals surface area contributed by atoms with E-state index in [2.05, 4.69) is 22.5 Å². The lowest BCUT2D eigenvalue weighted by Crippen LogP contribution is -2.48. The second-order valence-corrected chi connectivity index (χ2v) is 8.33. The molecule has 1 unspecified atom stereocenters. The topological polar surface area (TPSA) is 81.8 Å². The molecule has 164 valence electrons. The molecule has 2 fully saturated rings. The highest BCUT2D eigenvalue weighted by molar-refractivity contribution is 6.00. The maximum atomic E-state index is 12.7. The summed E-state index contributed by atoms with van der Waals surface area (Å²) in [4.78, 5) is 40.9. The number of nitrogens with zero attached hydrogens (tertiary/aromatic N) is 2. The van der Waals surface area contributed by atoms with Crippen LogP contribution in [0.5, 0.6) is 0 Å². The van der Waals surface area contributed by atoms with Gasteiger partial charge in [-0.2, -0.15) is 0 Å². The van der Waals surface area contributed by atoms with E-state index in [9.17, 15) is 14.4 Å². The fourth-order valence-corrected chi connectivity index (χ4v) is 4.12. The number of likely N-dealkylation sites (tertiary alicyclic amines) is 1. The molecule has 0 spiro atoms. The predicted octanol–water partition coefficient (Wildman–Crippen LogP) is 1.71. The zero-order valence-corrected chi connectivity index (χ0v) is 18.2. The highest BCUT2D eigenvalue weighted by Gasteiger charge is 2.36. The molecule has 0 saturated carbocycles. The van der Waals surface area contributed by atoms with Crippen LogP contribution in [0.3, 0.4) is 0 Å². The smallest absolute Gasteiger partial charge is 0.234 e. The average Bonchev–Trinajstić information content (AvgIpc) is 3.15. The lowest BCUT2D eigenvalue weighted by atomic mass is 10.0. The van der Waals surface area contributed by atoms with Crippen LogP contribution in [-0.2, 0) is 20.8 Å². The van der Waals surface area contributed by atoms with Crippen LogP contribution in [-0.4, -0.2) is 61.4 Å². The van der Waals surface area contributed by atoms with Crippen molar-refractivity contribution in [3.8, 4) is 0 Å². The van der Waals surface area contributed by atoms with E-state index in [4.69, 9.17) is 0 Å². The molecule has 0 radical (unpaired) electrons. The predicted molar refractivity (Wildman–Crippen MR) is 117 cm³/mol. The van der Waals surface area contributed by atoms with E-state index in [0.29, 0.717) is 19.6 Å². The molecular weight excluding hydrogens is 380 g/mol. The van der Waals surface area contributed by atoms with Gasteiger partial charge in [0, 0.05) is 44.3 Å². The van der Waals surface area contributed by atoms with Gasteiger partial charge in [-0.1, -0.05) is 26.0 Å². The van der Waals surface area contributed by atoms with Crippen molar-refractivity contribution in [3.63, 3.8) is 0 Å². The van der Waals surface area contributed by atoms with Crippen LogP contribution in [0.1, 0.15) is 45.1 Å². The number of nitrogens with one attached hydrogen (secondary N) is 2. The van der Waals surface area contributed by atoms with Gasteiger partial charge >= 0.3 is 0 Å². The van der Waals surface area contributed by atoms with Gasteiger partial charge < -0.3 is 15.5 Å². The largest absolute Gasteiger partial charge is 0.355 e. The second kappa shape index (κ2) is 10.6. The van der Waals surface area contributed by atoms with Crippen molar-refractivity contribution in [3.05, 3.63) is 29.8 Å². The molecule has 7 nitrogen and oxygen atoms in total. The van der Waals surface area contributed by atoms with Crippen molar-refractivity contribution in [2.75, 3.05) is 37.6 Å². The number of hydrogen-bond acceptors (Lipinski definition) is 4.